The molecule has 4 aromatic heterocycles. The number of likely N-dealkylation sites (tertiary alicyclic amines) is 1. The van der Waals surface area contributed by atoms with E-state index in [-0.39, 0.29) is 5.91 Å². The van der Waals surface area contributed by atoms with E-state index >= 15 is 0 Å². The molecule has 5 heterocycles. The van der Waals surface area contributed by atoms with E-state index in [1.807, 2.05) is 12.1 Å². The Morgan fingerprint density at radius 3 is 2.90 bits per heavy atom. The molecule has 152 valence electrons. The SMILES string of the molecule is C[C@H]1CCCN1Cc1cc2cnc(NC(=O)c3ccc(-c4c[nH]cn4)cn3)cc2[nH]1. The normalized spacial score (nSPS) is 16.9. The first-order chi connectivity index (χ1) is 14.7. The van der Waals surface area contributed by atoms with E-state index in [2.05, 4.69) is 48.1 Å². The van der Waals surface area contributed by atoms with Gasteiger partial charge in [-0.25, -0.2) is 9.97 Å². The average Bonchev–Trinajstić information content (AvgIpc) is 3.50. The van der Waals surface area contributed by atoms with Crippen molar-refractivity contribution in [2.75, 3.05) is 11.9 Å². The molecule has 3 N–H and O–H groups in total. The molecule has 8 heteroatoms. The summed E-state index contributed by atoms with van der Waals surface area (Å²) in [6.07, 6.45) is 9.33. The van der Waals surface area contributed by atoms with Gasteiger partial charge in [0, 0.05) is 53.9 Å². The van der Waals surface area contributed by atoms with Crippen LogP contribution in [0.25, 0.3) is 22.2 Å². The predicted molar refractivity (Wildman–Crippen MR) is 115 cm³/mol. The van der Waals surface area contributed by atoms with E-state index in [1.54, 1.807) is 31.0 Å². The van der Waals surface area contributed by atoms with Crippen molar-refractivity contribution in [3.8, 4) is 11.3 Å². The Morgan fingerprint density at radius 2 is 2.17 bits per heavy atom. The first-order valence-electron chi connectivity index (χ1n) is 10.1. The highest BCUT2D eigenvalue weighted by Gasteiger charge is 2.20. The van der Waals surface area contributed by atoms with E-state index < -0.39 is 0 Å². The standard InChI is InChI=1S/C22H23N7O/c1-14-3-2-6-29(14)12-17-7-16-10-25-21(8-19(16)27-17)28-22(30)18-5-4-15(9-24-18)20-11-23-13-26-20/h4-5,7-11,13-14,27H,2-3,6,12H2,1H3,(H,23,26)(H,25,28,30)/t14-/m0/s1. The zero-order valence-electron chi connectivity index (χ0n) is 16.7. The van der Waals surface area contributed by atoms with Crippen molar-refractivity contribution in [1.29, 1.82) is 0 Å². The predicted octanol–water partition coefficient (Wildman–Crippen LogP) is 3.58. The third-order valence-electron chi connectivity index (χ3n) is 5.66. The number of anilines is 1. The topological polar surface area (TPSA) is 103 Å². The van der Waals surface area contributed by atoms with Crippen molar-refractivity contribution in [2.24, 2.45) is 0 Å². The zero-order valence-corrected chi connectivity index (χ0v) is 16.7. The Hall–Kier alpha value is -3.52. The Bertz CT molecular complexity index is 1160. The van der Waals surface area contributed by atoms with Gasteiger partial charge in [-0.2, -0.15) is 0 Å². The van der Waals surface area contributed by atoms with Gasteiger partial charge in [0.1, 0.15) is 11.5 Å². The summed E-state index contributed by atoms with van der Waals surface area (Å²) in [5.74, 6) is 0.196. The van der Waals surface area contributed by atoms with Crippen molar-refractivity contribution in [1.82, 2.24) is 29.8 Å². The van der Waals surface area contributed by atoms with Gasteiger partial charge in [-0.3, -0.25) is 14.7 Å². The van der Waals surface area contributed by atoms with Crippen LogP contribution in [-0.2, 0) is 6.54 Å². The number of hydrogen-bond donors (Lipinski definition) is 3. The number of rotatable bonds is 5. The van der Waals surface area contributed by atoms with Crippen LogP contribution in [0.3, 0.4) is 0 Å². The maximum Gasteiger partial charge on any atom is 0.275 e. The van der Waals surface area contributed by atoms with Crippen LogP contribution in [0.5, 0.6) is 0 Å². The van der Waals surface area contributed by atoms with Crippen LogP contribution < -0.4 is 5.32 Å². The molecule has 1 fully saturated rings. The summed E-state index contributed by atoms with van der Waals surface area (Å²) in [6, 6.07) is 8.13. The van der Waals surface area contributed by atoms with Crippen molar-refractivity contribution >= 4 is 22.6 Å². The van der Waals surface area contributed by atoms with Crippen molar-refractivity contribution < 1.29 is 4.79 Å². The lowest BCUT2D eigenvalue weighted by Gasteiger charge is -2.19. The van der Waals surface area contributed by atoms with Gasteiger partial charge in [0.25, 0.3) is 5.91 Å². The van der Waals surface area contributed by atoms with Crippen LogP contribution in [-0.4, -0.2) is 48.3 Å². The van der Waals surface area contributed by atoms with Gasteiger partial charge in [-0.1, -0.05) is 0 Å². The molecule has 30 heavy (non-hydrogen) atoms. The summed E-state index contributed by atoms with van der Waals surface area (Å²) in [5, 5.41) is 3.87. The molecular formula is C22H23N7O. The fraction of sp³-hybridized carbons (Fsp3) is 0.273. The van der Waals surface area contributed by atoms with Gasteiger partial charge in [0.2, 0.25) is 0 Å². The van der Waals surface area contributed by atoms with Gasteiger partial charge in [0.15, 0.2) is 0 Å². The third-order valence-corrected chi connectivity index (χ3v) is 5.66. The van der Waals surface area contributed by atoms with Crippen LogP contribution >= 0.6 is 0 Å². The number of hydrogen-bond acceptors (Lipinski definition) is 5. The number of aromatic amines is 2. The van der Waals surface area contributed by atoms with Gasteiger partial charge in [-0.05, 0) is 44.5 Å². The lowest BCUT2D eigenvalue weighted by molar-refractivity contribution is 0.102. The number of fused-ring (bicyclic) bond motifs is 1. The molecule has 1 aliphatic heterocycles. The van der Waals surface area contributed by atoms with Crippen molar-refractivity contribution in [3.63, 3.8) is 0 Å². The number of nitrogens with zero attached hydrogens (tertiary/aromatic N) is 4. The molecule has 8 nitrogen and oxygen atoms in total. The van der Waals surface area contributed by atoms with Crippen molar-refractivity contribution in [3.05, 3.63) is 60.6 Å². The van der Waals surface area contributed by atoms with E-state index in [0.717, 1.165) is 35.2 Å². The monoisotopic (exact) mass is 401 g/mol. The number of nitrogens with one attached hydrogen (secondary N) is 3. The van der Waals surface area contributed by atoms with Gasteiger partial charge < -0.3 is 15.3 Å². The fourth-order valence-corrected chi connectivity index (χ4v) is 3.96. The largest absolute Gasteiger partial charge is 0.357 e. The summed E-state index contributed by atoms with van der Waals surface area (Å²) < 4.78 is 0. The molecule has 0 radical (unpaired) electrons. The zero-order chi connectivity index (χ0) is 20.5. The highest BCUT2D eigenvalue weighted by atomic mass is 16.1. The van der Waals surface area contributed by atoms with Crippen LogP contribution in [0.1, 0.15) is 35.9 Å². The molecule has 0 spiro atoms. The molecule has 0 saturated carbocycles. The van der Waals surface area contributed by atoms with E-state index in [4.69, 9.17) is 0 Å². The van der Waals surface area contributed by atoms with Crippen LogP contribution in [0.4, 0.5) is 5.82 Å². The molecule has 0 bridgehead atoms. The second-order valence-corrected chi connectivity index (χ2v) is 7.75. The minimum Gasteiger partial charge on any atom is -0.357 e. The summed E-state index contributed by atoms with van der Waals surface area (Å²) in [6.45, 7) is 4.33. The minimum atomic E-state index is -0.298. The number of imidazole rings is 1. The van der Waals surface area contributed by atoms with Gasteiger partial charge in [0.05, 0.1) is 17.5 Å². The molecule has 1 atom stereocenters. The number of carbonyl (C=O) groups is 1. The highest BCUT2D eigenvalue weighted by molar-refractivity contribution is 6.03. The Balaban J connectivity index is 1.29. The minimum absolute atomic E-state index is 0.298. The lowest BCUT2D eigenvalue weighted by atomic mass is 10.2. The summed E-state index contributed by atoms with van der Waals surface area (Å²) in [4.78, 5) is 34.2. The van der Waals surface area contributed by atoms with Gasteiger partial charge >= 0.3 is 0 Å². The van der Waals surface area contributed by atoms with E-state index in [9.17, 15) is 4.79 Å². The first kappa shape index (κ1) is 18.5. The molecule has 1 amide bonds. The Labute approximate surface area is 173 Å². The molecule has 0 unspecified atom stereocenters. The summed E-state index contributed by atoms with van der Waals surface area (Å²) in [5.41, 5.74) is 4.08. The second kappa shape index (κ2) is 7.72. The quantitative estimate of drug-likeness (QED) is 0.474. The van der Waals surface area contributed by atoms with Crippen LogP contribution in [0, 0.1) is 0 Å². The fourth-order valence-electron chi connectivity index (χ4n) is 3.96. The second-order valence-electron chi connectivity index (χ2n) is 7.75. The van der Waals surface area contributed by atoms with Crippen LogP contribution in [0.2, 0.25) is 0 Å². The van der Waals surface area contributed by atoms with E-state index in [0.29, 0.717) is 17.6 Å². The average molecular weight is 401 g/mol. The maximum atomic E-state index is 12.6. The maximum absolute atomic E-state index is 12.6. The highest BCUT2D eigenvalue weighted by Crippen LogP contribution is 2.23. The molecule has 5 rings (SSSR count). The molecule has 0 aliphatic carbocycles. The van der Waals surface area contributed by atoms with Crippen LogP contribution in [0.15, 0.2) is 49.2 Å². The molecule has 1 aliphatic rings. The third kappa shape index (κ3) is 3.69. The Kier molecular flexibility index (Phi) is 4.76. The summed E-state index contributed by atoms with van der Waals surface area (Å²) in [7, 11) is 0. The number of amides is 1. The molecular weight excluding hydrogens is 378 g/mol. The number of carbonyl (C=O) groups excluding carboxylic acids is 1. The molecule has 1 saturated heterocycles. The number of pyridine rings is 2. The molecule has 4 aromatic rings. The van der Waals surface area contributed by atoms with Crippen molar-refractivity contribution in [2.45, 2.75) is 32.4 Å². The first-order valence-corrected chi connectivity index (χ1v) is 10.1. The van der Waals surface area contributed by atoms with Gasteiger partial charge in [-0.15, -0.1) is 0 Å². The molecule has 0 aromatic carbocycles. The summed E-state index contributed by atoms with van der Waals surface area (Å²) >= 11 is 0. The Morgan fingerprint density at radius 1 is 1.23 bits per heavy atom. The number of H-pyrrole nitrogens is 2. The lowest BCUT2D eigenvalue weighted by Crippen LogP contribution is -2.26. The van der Waals surface area contributed by atoms with E-state index in [1.165, 1.54) is 18.5 Å². The number of aromatic nitrogens is 5. The smallest absolute Gasteiger partial charge is 0.275 e.